The van der Waals surface area contributed by atoms with Crippen molar-refractivity contribution < 1.29 is 4.74 Å². The number of aryl methyl sites for hydroxylation is 3. The molecule has 0 unspecified atom stereocenters. The highest BCUT2D eigenvalue weighted by Gasteiger charge is 2.06. The molecule has 0 radical (unpaired) electrons. The fourth-order valence-corrected chi connectivity index (χ4v) is 2.72. The van der Waals surface area contributed by atoms with E-state index in [1.54, 1.807) is 0 Å². The summed E-state index contributed by atoms with van der Waals surface area (Å²) < 4.78 is 5.90. The lowest BCUT2D eigenvalue weighted by atomic mass is 10.1. The average Bonchev–Trinajstić information content (AvgIpc) is 2.36. The lowest BCUT2D eigenvalue weighted by Gasteiger charge is -2.11. The van der Waals surface area contributed by atoms with Gasteiger partial charge in [0.25, 0.3) is 0 Å². The fourth-order valence-electron chi connectivity index (χ4n) is 1.98. The normalized spacial score (nSPS) is 10.6. The molecular formula is C16H16BrClO. The minimum Gasteiger partial charge on any atom is -0.457 e. The average molecular weight is 340 g/mol. The highest BCUT2D eigenvalue weighted by Crippen LogP contribution is 2.30. The molecular weight excluding hydrogens is 324 g/mol. The second kappa shape index (κ2) is 5.98. The number of hydrogen-bond acceptors (Lipinski definition) is 1. The molecule has 3 heteroatoms. The van der Waals surface area contributed by atoms with Crippen molar-refractivity contribution >= 4 is 27.5 Å². The van der Waals surface area contributed by atoms with Crippen molar-refractivity contribution in [2.75, 3.05) is 0 Å². The minimum atomic E-state index is 0.804. The standard InChI is InChI=1S/C16H16BrClO/c1-10-6-14(5-4-13(10)9-17)19-15-7-11(2)16(18)12(3)8-15/h4-8H,9H2,1-3H3. The van der Waals surface area contributed by atoms with E-state index in [4.69, 9.17) is 16.3 Å². The number of halogens is 2. The maximum Gasteiger partial charge on any atom is 0.128 e. The first kappa shape index (κ1) is 14.4. The van der Waals surface area contributed by atoms with Gasteiger partial charge in [0.2, 0.25) is 0 Å². The molecule has 0 aromatic heterocycles. The molecule has 0 atom stereocenters. The van der Waals surface area contributed by atoms with Crippen molar-refractivity contribution in [1.82, 2.24) is 0 Å². The predicted octanol–water partition coefficient (Wildman–Crippen LogP) is 5.95. The van der Waals surface area contributed by atoms with E-state index in [9.17, 15) is 0 Å². The summed E-state index contributed by atoms with van der Waals surface area (Å²) in [6.07, 6.45) is 0. The van der Waals surface area contributed by atoms with E-state index in [0.717, 1.165) is 33.0 Å². The lowest BCUT2D eigenvalue weighted by molar-refractivity contribution is 0.481. The van der Waals surface area contributed by atoms with Crippen LogP contribution in [0.2, 0.25) is 5.02 Å². The van der Waals surface area contributed by atoms with Crippen molar-refractivity contribution in [3.63, 3.8) is 0 Å². The number of hydrogen-bond donors (Lipinski definition) is 0. The Morgan fingerprint density at radius 2 is 1.53 bits per heavy atom. The molecule has 0 spiro atoms. The zero-order chi connectivity index (χ0) is 14.0. The maximum absolute atomic E-state index is 6.16. The summed E-state index contributed by atoms with van der Waals surface area (Å²) in [4.78, 5) is 0. The summed E-state index contributed by atoms with van der Waals surface area (Å²) in [5.74, 6) is 1.67. The fraction of sp³-hybridized carbons (Fsp3) is 0.250. The van der Waals surface area contributed by atoms with Crippen molar-refractivity contribution in [3.05, 3.63) is 57.6 Å². The second-order valence-corrected chi connectivity index (χ2v) is 5.63. The predicted molar refractivity (Wildman–Crippen MR) is 84.8 cm³/mol. The molecule has 0 fully saturated rings. The van der Waals surface area contributed by atoms with Gasteiger partial charge in [0, 0.05) is 10.4 Å². The molecule has 19 heavy (non-hydrogen) atoms. The smallest absolute Gasteiger partial charge is 0.128 e. The third kappa shape index (κ3) is 3.31. The van der Waals surface area contributed by atoms with Gasteiger partial charge in [-0.15, -0.1) is 0 Å². The zero-order valence-corrected chi connectivity index (χ0v) is 13.6. The van der Waals surface area contributed by atoms with Crippen LogP contribution in [0, 0.1) is 20.8 Å². The Morgan fingerprint density at radius 3 is 2.05 bits per heavy atom. The van der Waals surface area contributed by atoms with Crippen LogP contribution < -0.4 is 4.74 Å². The molecule has 1 nitrogen and oxygen atoms in total. The van der Waals surface area contributed by atoms with Gasteiger partial charge in [-0.1, -0.05) is 33.6 Å². The third-order valence-corrected chi connectivity index (χ3v) is 4.30. The lowest BCUT2D eigenvalue weighted by Crippen LogP contribution is -1.90. The van der Waals surface area contributed by atoms with Crippen LogP contribution in [0.15, 0.2) is 30.3 Å². The highest BCUT2D eigenvalue weighted by molar-refractivity contribution is 9.08. The molecule has 2 aromatic carbocycles. The van der Waals surface area contributed by atoms with Crippen molar-refractivity contribution in [2.24, 2.45) is 0 Å². The molecule has 0 N–H and O–H groups in total. The Balaban J connectivity index is 2.29. The Kier molecular flexibility index (Phi) is 4.54. The van der Waals surface area contributed by atoms with Crippen molar-refractivity contribution in [3.8, 4) is 11.5 Å². The molecule has 100 valence electrons. The Morgan fingerprint density at radius 1 is 0.947 bits per heavy atom. The number of alkyl halides is 1. The van der Waals surface area contributed by atoms with Crippen LogP contribution in [0.25, 0.3) is 0 Å². The zero-order valence-electron chi connectivity index (χ0n) is 11.3. The summed E-state index contributed by atoms with van der Waals surface area (Å²) in [6, 6.07) is 10.0. The molecule has 0 saturated carbocycles. The molecule has 2 rings (SSSR count). The Labute approximate surface area is 127 Å². The molecule has 0 bridgehead atoms. The van der Waals surface area contributed by atoms with Crippen LogP contribution in [-0.4, -0.2) is 0 Å². The monoisotopic (exact) mass is 338 g/mol. The van der Waals surface area contributed by atoms with E-state index in [0.29, 0.717) is 0 Å². The van der Waals surface area contributed by atoms with E-state index >= 15 is 0 Å². The van der Waals surface area contributed by atoms with E-state index in [2.05, 4.69) is 35.0 Å². The quantitative estimate of drug-likeness (QED) is 0.628. The van der Waals surface area contributed by atoms with Crippen molar-refractivity contribution in [1.29, 1.82) is 0 Å². The van der Waals surface area contributed by atoms with Crippen LogP contribution in [-0.2, 0) is 5.33 Å². The second-order valence-electron chi connectivity index (χ2n) is 4.70. The number of rotatable bonds is 3. The van der Waals surface area contributed by atoms with E-state index < -0.39 is 0 Å². The van der Waals surface area contributed by atoms with E-state index in [-0.39, 0.29) is 0 Å². The van der Waals surface area contributed by atoms with Gasteiger partial charge in [0.05, 0.1) is 0 Å². The summed E-state index contributed by atoms with van der Waals surface area (Å²) in [5, 5.41) is 1.66. The first-order valence-electron chi connectivity index (χ1n) is 6.11. The number of ether oxygens (including phenoxy) is 1. The topological polar surface area (TPSA) is 9.23 Å². The molecule has 0 aliphatic rings. The maximum atomic E-state index is 6.16. The summed E-state index contributed by atoms with van der Waals surface area (Å²) in [5.41, 5.74) is 4.56. The van der Waals surface area contributed by atoms with Gasteiger partial charge in [-0.3, -0.25) is 0 Å². The van der Waals surface area contributed by atoms with Crippen LogP contribution in [0.3, 0.4) is 0 Å². The SMILES string of the molecule is Cc1cc(Oc2cc(C)c(Cl)c(C)c2)ccc1CBr. The van der Waals surface area contributed by atoms with Crippen LogP contribution >= 0.6 is 27.5 Å². The minimum absolute atomic E-state index is 0.804. The molecule has 2 aromatic rings. The molecule has 0 saturated heterocycles. The highest BCUT2D eigenvalue weighted by atomic mass is 79.9. The Hall–Kier alpha value is -0.990. The van der Waals surface area contributed by atoms with E-state index in [1.165, 1.54) is 11.1 Å². The van der Waals surface area contributed by atoms with Gasteiger partial charge >= 0.3 is 0 Å². The summed E-state index contributed by atoms with van der Waals surface area (Å²) in [7, 11) is 0. The molecule has 0 aliphatic carbocycles. The first-order valence-corrected chi connectivity index (χ1v) is 7.61. The van der Waals surface area contributed by atoms with Gasteiger partial charge in [-0.05, 0) is 67.3 Å². The largest absolute Gasteiger partial charge is 0.457 e. The summed E-state index contributed by atoms with van der Waals surface area (Å²) in [6.45, 7) is 6.06. The van der Waals surface area contributed by atoms with Gasteiger partial charge in [0.15, 0.2) is 0 Å². The number of benzene rings is 2. The third-order valence-electron chi connectivity index (χ3n) is 3.10. The molecule has 0 aliphatic heterocycles. The van der Waals surface area contributed by atoms with Crippen molar-refractivity contribution in [2.45, 2.75) is 26.1 Å². The summed E-state index contributed by atoms with van der Waals surface area (Å²) >= 11 is 9.63. The molecule has 0 amide bonds. The van der Waals surface area contributed by atoms with Gasteiger partial charge in [-0.2, -0.15) is 0 Å². The van der Waals surface area contributed by atoms with Gasteiger partial charge in [0.1, 0.15) is 11.5 Å². The van der Waals surface area contributed by atoms with Crippen LogP contribution in [0.4, 0.5) is 0 Å². The van der Waals surface area contributed by atoms with Crippen LogP contribution in [0.5, 0.6) is 11.5 Å². The van der Waals surface area contributed by atoms with Crippen LogP contribution in [0.1, 0.15) is 22.3 Å². The van der Waals surface area contributed by atoms with E-state index in [1.807, 2.05) is 32.0 Å². The molecule has 0 heterocycles. The van der Waals surface area contributed by atoms with Gasteiger partial charge < -0.3 is 4.74 Å². The first-order chi connectivity index (χ1) is 9.01. The Bertz CT molecular complexity index is 585. The van der Waals surface area contributed by atoms with Gasteiger partial charge in [-0.25, -0.2) is 0 Å².